The van der Waals surface area contributed by atoms with Crippen LogP contribution in [0.15, 0.2) is 30.3 Å². The molecule has 1 amide bonds. The number of benzene rings is 1. The summed E-state index contributed by atoms with van der Waals surface area (Å²) in [7, 11) is -3.26. The maximum absolute atomic E-state index is 12.5. The van der Waals surface area contributed by atoms with Gasteiger partial charge in [-0.2, -0.15) is 4.31 Å². The molecule has 4 rings (SSSR count). The van der Waals surface area contributed by atoms with Gasteiger partial charge in [0.15, 0.2) is 0 Å². The van der Waals surface area contributed by atoms with Crippen molar-refractivity contribution >= 4 is 16.1 Å². The molecule has 0 spiro atoms. The van der Waals surface area contributed by atoms with E-state index in [1.54, 1.807) is 0 Å². The molecule has 0 unspecified atom stereocenters. The minimum atomic E-state index is -3.26. The third kappa shape index (κ3) is 2.69. The van der Waals surface area contributed by atoms with Gasteiger partial charge in [0.25, 0.3) is 0 Å². The monoisotopic (exact) mass is 350 g/mol. The second-order valence-electron chi connectivity index (χ2n) is 7.07. The number of nitrogens with zero attached hydrogens (tertiary/aromatic N) is 2. The van der Waals surface area contributed by atoms with E-state index >= 15 is 0 Å². The summed E-state index contributed by atoms with van der Waals surface area (Å²) < 4.78 is 31.2. The van der Waals surface area contributed by atoms with Gasteiger partial charge >= 0.3 is 6.09 Å². The Balaban J connectivity index is 1.57. The highest BCUT2D eigenvalue weighted by Gasteiger charge is 2.52. The van der Waals surface area contributed by atoms with Gasteiger partial charge in [0.1, 0.15) is 6.10 Å². The Morgan fingerprint density at radius 2 is 1.96 bits per heavy atom. The molecular weight excluding hydrogens is 328 g/mol. The average Bonchev–Trinajstić information content (AvgIpc) is 2.55. The maximum Gasteiger partial charge on any atom is 0.410 e. The van der Waals surface area contributed by atoms with Gasteiger partial charge in [-0.05, 0) is 24.8 Å². The molecule has 6 nitrogen and oxygen atoms in total. The van der Waals surface area contributed by atoms with E-state index in [0.717, 1.165) is 24.8 Å². The summed E-state index contributed by atoms with van der Waals surface area (Å²) >= 11 is 0. The Bertz CT molecular complexity index is 736. The normalized spacial score (nSPS) is 33.2. The van der Waals surface area contributed by atoms with Crippen molar-refractivity contribution in [1.29, 1.82) is 0 Å². The molecule has 1 aromatic carbocycles. The molecular formula is C17H22N2O4S. The highest BCUT2D eigenvalue weighted by molar-refractivity contribution is 7.88. The zero-order valence-electron chi connectivity index (χ0n) is 13.7. The van der Waals surface area contributed by atoms with Gasteiger partial charge in [-0.1, -0.05) is 30.3 Å². The Hall–Kier alpha value is -1.60. The number of rotatable bonds is 3. The van der Waals surface area contributed by atoms with Gasteiger partial charge in [-0.25, -0.2) is 13.2 Å². The Labute approximate surface area is 142 Å². The van der Waals surface area contributed by atoms with E-state index in [9.17, 15) is 13.2 Å². The van der Waals surface area contributed by atoms with Crippen LogP contribution in [0.3, 0.4) is 0 Å². The summed E-state index contributed by atoms with van der Waals surface area (Å²) in [5.41, 5.74) is 1.09. The van der Waals surface area contributed by atoms with Crippen LogP contribution >= 0.6 is 0 Å². The molecule has 2 saturated heterocycles. The number of hydrogen-bond acceptors (Lipinski definition) is 4. The topological polar surface area (TPSA) is 66.9 Å². The van der Waals surface area contributed by atoms with Crippen LogP contribution in [0.1, 0.15) is 24.8 Å². The lowest BCUT2D eigenvalue weighted by molar-refractivity contribution is -0.0995. The van der Waals surface area contributed by atoms with E-state index in [0.29, 0.717) is 13.1 Å². The van der Waals surface area contributed by atoms with Crippen molar-refractivity contribution in [2.45, 2.75) is 44.0 Å². The summed E-state index contributed by atoms with van der Waals surface area (Å²) in [4.78, 5) is 14.4. The van der Waals surface area contributed by atoms with Crippen LogP contribution in [-0.2, 0) is 21.3 Å². The lowest BCUT2D eigenvalue weighted by Gasteiger charge is -2.54. The predicted molar refractivity (Wildman–Crippen MR) is 88.7 cm³/mol. The molecule has 3 fully saturated rings. The van der Waals surface area contributed by atoms with E-state index in [-0.39, 0.29) is 30.2 Å². The van der Waals surface area contributed by atoms with Crippen LogP contribution in [0.5, 0.6) is 0 Å². The molecule has 1 aromatic rings. The van der Waals surface area contributed by atoms with Crippen molar-refractivity contribution in [3.8, 4) is 0 Å². The molecule has 3 aliphatic rings. The van der Waals surface area contributed by atoms with Gasteiger partial charge in [0.05, 0.1) is 12.8 Å². The van der Waals surface area contributed by atoms with Crippen LogP contribution in [0.25, 0.3) is 0 Å². The van der Waals surface area contributed by atoms with Crippen molar-refractivity contribution in [2.75, 3.05) is 12.8 Å². The highest BCUT2D eigenvalue weighted by Crippen LogP contribution is 2.43. The number of sulfonamides is 1. The maximum atomic E-state index is 12.5. The van der Waals surface area contributed by atoms with E-state index in [2.05, 4.69) is 0 Å². The van der Waals surface area contributed by atoms with E-state index in [1.807, 2.05) is 35.2 Å². The molecule has 1 aliphatic carbocycles. The largest absolute Gasteiger partial charge is 0.444 e. The lowest BCUT2D eigenvalue weighted by Crippen LogP contribution is -2.65. The first-order valence-electron chi connectivity index (χ1n) is 8.41. The van der Waals surface area contributed by atoms with E-state index in [1.165, 1.54) is 10.6 Å². The quantitative estimate of drug-likeness (QED) is 0.834. The number of ether oxygens (including phenoxy) is 1. The van der Waals surface area contributed by atoms with E-state index in [4.69, 9.17) is 4.74 Å². The third-order valence-corrected chi connectivity index (χ3v) is 6.89. The van der Waals surface area contributed by atoms with Crippen molar-refractivity contribution in [3.63, 3.8) is 0 Å². The summed E-state index contributed by atoms with van der Waals surface area (Å²) in [6.45, 7) is 0.851. The predicted octanol–water partition coefficient (Wildman–Crippen LogP) is 1.82. The summed E-state index contributed by atoms with van der Waals surface area (Å²) in [6, 6.07) is 10.1. The van der Waals surface area contributed by atoms with Crippen LogP contribution < -0.4 is 0 Å². The first-order valence-corrected chi connectivity index (χ1v) is 10.3. The van der Waals surface area contributed by atoms with Crippen LogP contribution in [0.4, 0.5) is 4.79 Å². The van der Waals surface area contributed by atoms with Crippen LogP contribution in [0, 0.1) is 5.92 Å². The number of piperidine rings is 1. The highest BCUT2D eigenvalue weighted by atomic mass is 32.2. The van der Waals surface area contributed by atoms with Gasteiger partial charge in [-0.3, -0.25) is 0 Å². The Morgan fingerprint density at radius 1 is 1.21 bits per heavy atom. The number of hydrogen-bond donors (Lipinski definition) is 0. The minimum absolute atomic E-state index is 0.0490. The molecule has 1 saturated carbocycles. The summed E-state index contributed by atoms with van der Waals surface area (Å²) in [5.74, 6) is 0.225. The van der Waals surface area contributed by atoms with Gasteiger partial charge in [-0.15, -0.1) is 0 Å². The first kappa shape index (κ1) is 15.9. The standard InChI is InChI=1S/C17H22N2O4S/c1-24(21,22)19-11-16-14-9-13(19)7-8-15(14)18(17(20)23-16)10-12-5-3-2-4-6-12/h2-6,13-16H,7-11H2,1H3/t13-,14-,15-,16+/m1/s1. The molecule has 4 atom stereocenters. The third-order valence-electron chi connectivity index (χ3n) is 5.59. The summed E-state index contributed by atoms with van der Waals surface area (Å²) in [5, 5.41) is 0. The average molecular weight is 350 g/mol. The molecule has 0 N–H and O–H groups in total. The van der Waals surface area contributed by atoms with Gasteiger partial charge < -0.3 is 9.64 Å². The Morgan fingerprint density at radius 3 is 2.67 bits per heavy atom. The molecule has 2 heterocycles. The molecule has 0 radical (unpaired) electrons. The van der Waals surface area contributed by atoms with Gasteiger partial charge in [0.2, 0.25) is 10.0 Å². The van der Waals surface area contributed by atoms with Crippen LogP contribution in [0.2, 0.25) is 0 Å². The van der Waals surface area contributed by atoms with Crippen LogP contribution in [-0.4, -0.2) is 54.7 Å². The fourth-order valence-corrected chi connectivity index (χ4v) is 5.65. The second-order valence-corrected chi connectivity index (χ2v) is 9.00. The molecule has 0 aromatic heterocycles. The van der Waals surface area contributed by atoms with Crippen molar-refractivity contribution < 1.29 is 17.9 Å². The lowest BCUT2D eigenvalue weighted by atomic mass is 9.74. The Kier molecular flexibility index (Phi) is 3.80. The zero-order valence-corrected chi connectivity index (χ0v) is 14.5. The summed E-state index contributed by atoms with van der Waals surface area (Å²) in [6.07, 6.45) is 3.02. The van der Waals surface area contributed by atoms with Crippen molar-refractivity contribution in [1.82, 2.24) is 9.21 Å². The fourth-order valence-electron chi connectivity index (χ4n) is 4.50. The second kappa shape index (κ2) is 5.74. The minimum Gasteiger partial charge on any atom is -0.444 e. The number of fused-ring (bicyclic) bond motifs is 1. The molecule has 2 bridgehead atoms. The number of amides is 1. The zero-order chi connectivity index (χ0) is 16.9. The van der Waals surface area contributed by atoms with Crippen molar-refractivity contribution in [2.24, 2.45) is 5.92 Å². The van der Waals surface area contributed by atoms with Crippen molar-refractivity contribution in [3.05, 3.63) is 35.9 Å². The molecule has 24 heavy (non-hydrogen) atoms. The SMILES string of the molecule is CS(=O)(=O)N1C[C@@H]2OC(=O)N(Cc3ccccc3)[C@@H]3CC[C@@H]1C[C@@H]23. The molecule has 2 aliphatic heterocycles. The smallest absolute Gasteiger partial charge is 0.410 e. The first-order chi connectivity index (χ1) is 11.4. The molecule has 130 valence electrons. The number of carbonyl (C=O) groups is 1. The van der Waals surface area contributed by atoms with Gasteiger partial charge in [0, 0.05) is 24.5 Å². The fraction of sp³-hybridized carbons (Fsp3) is 0.588. The molecule has 7 heteroatoms. The van der Waals surface area contributed by atoms with E-state index < -0.39 is 10.0 Å². The number of carbonyl (C=O) groups excluding carboxylic acids is 1.